The Balaban J connectivity index is 1.55. The number of aromatic nitrogens is 2. The fourth-order valence-corrected chi connectivity index (χ4v) is 3.59. The number of nitrogens with two attached hydrogens (primary N) is 2. The Bertz CT molecular complexity index is 1290. The molecule has 2 aromatic carbocycles. The summed E-state index contributed by atoms with van der Waals surface area (Å²) in [4.78, 5) is 24.6. The number of allylic oxidation sites excluding steroid dienone is 4. The molecule has 168 valence electrons. The lowest BCUT2D eigenvalue weighted by molar-refractivity contribution is 0.0946. The van der Waals surface area contributed by atoms with Crippen LogP contribution in [0.3, 0.4) is 0 Å². The molecule has 0 fully saturated rings. The Kier molecular flexibility index (Phi) is 5.95. The van der Waals surface area contributed by atoms with E-state index in [1.54, 1.807) is 54.6 Å². The Morgan fingerprint density at radius 1 is 1.18 bits per heavy atom. The smallest absolute Gasteiger partial charge is 0.255 e. The van der Waals surface area contributed by atoms with Gasteiger partial charge in [0, 0.05) is 18.5 Å². The molecule has 1 aliphatic rings. The van der Waals surface area contributed by atoms with Gasteiger partial charge in [-0.3, -0.25) is 9.59 Å². The van der Waals surface area contributed by atoms with Gasteiger partial charge in [-0.15, -0.1) is 0 Å². The molecule has 4 rings (SSSR count). The number of primary amides is 1. The summed E-state index contributed by atoms with van der Waals surface area (Å²) in [5.74, 6) is -0.775. The van der Waals surface area contributed by atoms with Gasteiger partial charge in [0.05, 0.1) is 18.4 Å². The van der Waals surface area contributed by atoms with E-state index in [0.717, 1.165) is 5.56 Å². The summed E-state index contributed by atoms with van der Waals surface area (Å²) in [6.07, 6.45) is 3.08. The van der Waals surface area contributed by atoms with Gasteiger partial charge in [-0.1, -0.05) is 42.5 Å². The van der Waals surface area contributed by atoms with Crippen LogP contribution in [-0.2, 0) is 6.54 Å². The molecule has 5 N–H and O–H groups in total. The number of methoxy groups -OCH3 is 1. The van der Waals surface area contributed by atoms with Crippen LogP contribution in [0.1, 0.15) is 32.7 Å². The largest absolute Gasteiger partial charge is 0.496 e. The molecule has 33 heavy (non-hydrogen) atoms. The van der Waals surface area contributed by atoms with Gasteiger partial charge in [0.25, 0.3) is 11.8 Å². The standard InChI is InChI=1S/C24H22FN5O3/c1-33-19-5-3-2-4-18(19)24(32)28-13-14-6-8-15(9-7-14)21-20(23(27)31)22(26)30(29-21)17-11-10-16(25)12-17/h2-9,11-12H,10,13,26H2,1H3,(H2,27,31)(H,28,32). The first kappa shape index (κ1) is 21.8. The van der Waals surface area contributed by atoms with Crippen LogP contribution in [0.25, 0.3) is 17.0 Å². The number of anilines is 1. The van der Waals surface area contributed by atoms with Crippen molar-refractivity contribution in [2.24, 2.45) is 5.73 Å². The molecule has 0 aliphatic heterocycles. The zero-order chi connectivity index (χ0) is 23.5. The molecule has 0 atom stereocenters. The van der Waals surface area contributed by atoms with E-state index < -0.39 is 5.91 Å². The molecule has 1 aromatic heterocycles. The van der Waals surface area contributed by atoms with Crippen LogP contribution in [0, 0.1) is 0 Å². The van der Waals surface area contributed by atoms with Gasteiger partial charge in [0.15, 0.2) is 0 Å². The molecule has 2 amide bonds. The molecule has 3 aromatic rings. The lowest BCUT2D eigenvalue weighted by Gasteiger charge is -2.09. The number of amides is 2. The number of hydrogen-bond acceptors (Lipinski definition) is 5. The highest BCUT2D eigenvalue weighted by molar-refractivity contribution is 6.04. The summed E-state index contributed by atoms with van der Waals surface area (Å²) in [7, 11) is 1.51. The van der Waals surface area contributed by atoms with Crippen molar-refractivity contribution in [2.45, 2.75) is 13.0 Å². The number of para-hydroxylation sites is 1. The normalized spacial score (nSPS) is 12.8. The maximum Gasteiger partial charge on any atom is 0.255 e. The van der Waals surface area contributed by atoms with Crippen molar-refractivity contribution in [1.29, 1.82) is 0 Å². The van der Waals surface area contributed by atoms with Gasteiger partial charge in [-0.05, 0) is 23.8 Å². The zero-order valence-electron chi connectivity index (χ0n) is 17.8. The number of nitrogens with one attached hydrogen (secondary N) is 1. The van der Waals surface area contributed by atoms with E-state index in [-0.39, 0.29) is 36.1 Å². The molecule has 9 heteroatoms. The lowest BCUT2D eigenvalue weighted by Crippen LogP contribution is -2.23. The SMILES string of the molecule is COc1ccccc1C(=O)NCc1ccc(-c2nn(C3=CCC(F)=C3)c(N)c2C(N)=O)cc1. The van der Waals surface area contributed by atoms with E-state index in [1.165, 1.54) is 17.9 Å². The number of carbonyl (C=O) groups excluding carboxylic acids is 2. The summed E-state index contributed by atoms with van der Waals surface area (Å²) in [5.41, 5.74) is 14.3. The van der Waals surface area contributed by atoms with Crippen LogP contribution in [0.2, 0.25) is 0 Å². The molecule has 8 nitrogen and oxygen atoms in total. The average Bonchev–Trinajstić information content (AvgIpc) is 3.40. The number of rotatable bonds is 7. The van der Waals surface area contributed by atoms with Gasteiger partial charge in [-0.25, -0.2) is 9.07 Å². The highest BCUT2D eigenvalue weighted by Gasteiger charge is 2.24. The van der Waals surface area contributed by atoms with E-state index >= 15 is 0 Å². The molecular weight excluding hydrogens is 425 g/mol. The minimum absolute atomic E-state index is 0.0443. The van der Waals surface area contributed by atoms with Crippen LogP contribution < -0.4 is 21.5 Å². The van der Waals surface area contributed by atoms with Crippen molar-refractivity contribution in [1.82, 2.24) is 15.1 Å². The van der Waals surface area contributed by atoms with Crippen LogP contribution in [0.15, 0.2) is 66.5 Å². The van der Waals surface area contributed by atoms with Gasteiger partial charge >= 0.3 is 0 Å². The summed E-state index contributed by atoms with van der Waals surface area (Å²) < 4.78 is 20.0. The predicted molar refractivity (Wildman–Crippen MR) is 123 cm³/mol. The molecule has 0 spiro atoms. The Morgan fingerprint density at radius 3 is 2.55 bits per heavy atom. The molecule has 0 bridgehead atoms. The van der Waals surface area contributed by atoms with E-state index in [1.807, 2.05) is 0 Å². The third kappa shape index (κ3) is 4.33. The minimum Gasteiger partial charge on any atom is -0.496 e. The van der Waals surface area contributed by atoms with Gasteiger partial charge in [0.1, 0.15) is 28.7 Å². The van der Waals surface area contributed by atoms with E-state index in [2.05, 4.69) is 10.4 Å². The van der Waals surface area contributed by atoms with E-state index in [4.69, 9.17) is 16.2 Å². The second kappa shape index (κ2) is 8.99. The van der Waals surface area contributed by atoms with Gasteiger partial charge in [-0.2, -0.15) is 5.10 Å². The van der Waals surface area contributed by atoms with Crippen LogP contribution >= 0.6 is 0 Å². The first-order chi connectivity index (χ1) is 15.9. The fraction of sp³-hybridized carbons (Fsp3) is 0.125. The van der Waals surface area contributed by atoms with Gasteiger partial charge < -0.3 is 21.5 Å². The predicted octanol–water partition coefficient (Wildman–Crippen LogP) is 3.27. The molecule has 1 aliphatic carbocycles. The first-order valence-electron chi connectivity index (χ1n) is 10.1. The van der Waals surface area contributed by atoms with Crippen molar-refractivity contribution in [2.75, 3.05) is 12.8 Å². The number of benzene rings is 2. The Hall–Kier alpha value is -4.40. The highest BCUT2D eigenvalue weighted by Crippen LogP contribution is 2.32. The average molecular weight is 447 g/mol. The number of carbonyl (C=O) groups is 2. The highest BCUT2D eigenvalue weighted by atomic mass is 19.1. The number of ether oxygens (including phenoxy) is 1. The van der Waals surface area contributed by atoms with Crippen LogP contribution in [0.4, 0.5) is 10.2 Å². The Labute approximate surface area is 189 Å². The third-order valence-electron chi connectivity index (χ3n) is 5.25. The zero-order valence-corrected chi connectivity index (χ0v) is 17.8. The lowest BCUT2D eigenvalue weighted by atomic mass is 10.0. The summed E-state index contributed by atoms with van der Waals surface area (Å²) in [5, 5.41) is 7.26. The topological polar surface area (TPSA) is 125 Å². The monoisotopic (exact) mass is 447 g/mol. The minimum atomic E-state index is -0.732. The molecular formula is C24H22FN5O3. The summed E-state index contributed by atoms with van der Waals surface area (Å²) >= 11 is 0. The molecule has 1 heterocycles. The van der Waals surface area contributed by atoms with Crippen LogP contribution in [-0.4, -0.2) is 28.7 Å². The van der Waals surface area contributed by atoms with Crippen LogP contribution in [0.5, 0.6) is 5.75 Å². The summed E-state index contributed by atoms with van der Waals surface area (Å²) in [6.45, 7) is 0.285. The number of nitrogens with zero attached hydrogens (tertiary/aromatic N) is 2. The second-order valence-electron chi connectivity index (χ2n) is 7.39. The second-order valence-corrected chi connectivity index (χ2v) is 7.39. The van der Waals surface area contributed by atoms with Gasteiger partial charge in [0.2, 0.25) is 0 Å². The third-order valence-corrected chi connectivity index (χ3v) is 5.25. The molecule has 0 saturated carbocycles. The van der Waals surface area contributed by atoms with E-state index in [0.29, 0.717) is 28.3 Å². The maximum atomic E-state index is 13.5. The first-order valence-corrected chi connectivity index (χ1v) is 10.1. The molecule has 0 unspecified atom stereocenters. The Morgan fingerprint density at radius 2 is 1.91 bits per heavy atom. The van der Waals surface area contributed by atoms with Crippen molar-refractivity contribution in [3.05, 3.63) is 83.2 Å². The molecule has 0 saturated heterocycles. The van der Waals surface area contributed by atoms with E-state index in [9.17, 15) is 14.0 Å². The number of hydrogen-bond donors (Lipinski definition) is 3. The van der Waals surface area contributed by atoms with Crippen molar-refractivity contribution in [3.8, 4) is 17.0 Å². The molecule has 0 radical (unpaired) electrons. The number of halogens is 1. The summed E-state index contributed by atoms with van der Waals surface area (Å²) in [6, 6.07) is 14.1. The van der Waals surface area contributed by atoms with Crippen molar-refractivity contribution in [3.63, 3.8) is 0 Å². The number of nitrogen functional groups attached to an aromatic ring is 1. The fourth-order valence-electron chi connectivity index (χ4n) is 3.59. The van der Waals surface area contributed by atoms with Crippen molar-refractivity contribution < 1.29 is 18.7 Å². The quantitative estimate of drug-likeness (QED) is 0.513. The van der Waals surface area contributed by atoms with Crippen molar-refractivity contribution >= 4 is 23.3 Å². The maximum absolute atomic E-state index is 13.5.